The van der Waals surface area contributed by atoms with Crippen LogP contribution < -0.4 is 0 Å². The molecule has 3 aromatic carbocycles. The van der Waals surface area contributed by atoms with Crippen molar-refractivity contribution in [1.29, 1.82) is 5.26 Å². The Kier molecular flexibility index (Phi) is 5.69. The van der Waals surface area contributed by atoms with Crippen LogP contribution in [0.15, 0.2) is 66.7 Å². The lowest BCUT2D eigenvalue weighted by molar-refractivity contribution is -0.141. The normalized spacial score (nSPS) is 17.7. The minimum absolute atomic E-state index is 0.109. The van der Waals surface area contributed by atoms with Gasteiger partial charge in [-0.05, 0) is 36.1 Å². The number of likely N-dealkylation sites (tertiary alicyclic amines) is 1. The molecule has 1 aliphatic heterocycles. The average molecular weight is 432 g/mol. The van der Waals surface area contributed by atoms with Gasteiger partial charge in [0.2, 0.25) is 0 Å². The summed E-state index contributed by atoms with van der Waals surface area (Å²) < 4.78 is 29.1. The largest absolute Gasteiger partial charge is 0.480 e. The Morgan fingerprint density at radius 2 is 1.62 bits per heavy atom. The third kappa shape index (κ3) is 3.60. The molecule has 0 radical (unpaired) electrons. The summed E-state index contributed by atoms with van der Waals surface area (Å²) in [5.41, 5.74) is 0.353. The molecule has 3 aromatic rings. The summed E-state index contributed by atoms with van der Waals surface area (Å²) in [5, 5.41) is 19.4. The summed E-state index contributed by atoms with van der Waals surface area (Å²) in [6.07, 6.45) is 0.333. The zero-order valence-corrected chi connectivity index (χ0v) is 16.8. The molecule has 0 saturated carbocycles. The summed E-state index contributed by atoms with van der Waals surface area (Å²) in [6, 6.07) is 16.6. The molecule has 1 heterocycles. The van der Waals surface area contributed by atoms with Crippen LogP contribution in [0, 0.1) is 23.0 Å². The molecule has 5 nitrogen and oxygen atoms in total. The number of nitrogens with zero attached hydrogens (tertiary/aromatic N) is 2. The number of benzene rings is 3. The number of hydrogen-bond acceptors (Lipinski definition) is 3. The van der Waals surface area contributed by atoms with Crippen molar-refractivity contribution >= 4 is 11.9 Å². The molecule has 0 aliphatic carbocycles. The van der Waals surface area contributed by atoms with Crippen molar-refractivity contribution < 1.29 is 23.5 Å². The first-order valence-electron chi connectivity index (χ1n) is 10.0. The number of carboxylic acid groups (broad SMARTS) is 1. The van der Waals surface area contributed by atoms with Crippen molar-refractivity contribution in [3.8, 4) is 17.2 Å². The third-order valence-corrected chi connectivity index (χ3v) is 5.73. The molecular weight excluding hydrogens is 414 g/mol. The van der Waals surface area contributed by atoms with Gasteiger partial charge in [-0.25, -0.2) is 13.6 Å². The maximum absolute atomic E-state index is 14.6. The SMILES string of the molecule is N#Cc1c(F)ccc(-c2ccccc2)c1C(=O)N1C(C(=O)O)CCC1c1ccccc1F. The van der Waals surface area contributed by atoms with E-state index in [9.17, 15) is 28.7 Å². The minimum atomic E-state index is -1.24. The van der Waals surface area contributed by atoms with Crippen LogP contribution in [-0.4, -0.2) is 27.9 Å². The van der Waals surface area contributed by atoms with Crippen LogP contribution in [0.25, 0.3) is 11.1 Å². The Balaban J connectivity index is 1.92. The Labute approximate surface area is 183 Å². The van der Waals surface area contributed by atoms with Gasteiger partial charge in [0.25, 0.3) is 5.91 Å². The van der Waals surface area contributed by atoms with E-state index < -0.39 is 41.2 Å². The Morgan fingerprint density at radius 3 is 2.28 bits per heavy atom. The first-order chi connectivity index (χ1) is 15.4. The van der Waals surface area contributed by atoms with Gasteiger partial charge in [0, 0.05) is 5.56 Å². The van der Waals surface area contributed by atoms with E-state index in [2.05, 4.69) is 0 Å². The summed E-state index contributed by atoms with van der Waals surface area (Å²) >= 11 is 0. The van der Waals surface area contributed by atoms with Gasteiger partial charge in [-0.3, -0.25) is 4.79 Å². The van der Waals surface area contributed by atoms with Crippen molar-refractivity contribution in [2.75, 3.05) is 0 Å². The molecule has 0 bridgehead atoms. The van der Waals surface area contributed by atoms with Crippen molar-refractivity contribution in [3.05, 3.63) is 95.1 Å². The number of rotatable bonds is 4. The Hall–Kier alpha value is -4.05. The first-order valence-corrected chi connectivity index (χ1v) is 10.0. The van der Waals surface area contributed by atoms with Gasteiger partial charge in [0.05, 0.1) is 11.6 Å². The molecule has 7 heteroatoms. The highest BCUT2D eigenvalue weighted by atomic mass is 19.1. The topological polar surface area (TPSA) is 81.4 Å². The first kappa shape index (κ1) is 21.2. The van der Waals surface area contributed by atoms with E-state index in [1.165, 1.54) is 24.3 Å². The molecule has 1 aliphatic rings. The summed E-state index contributed by atoms with van der Waals surface area (Å²) in [5.74, 6) is -3.51. The summed E-state index contributed by atoms with van der Waals surface area (Å²) in [4.78, 5) is 26.8. The zero-order valence-electron chi connectivity index (χ0n) is 16.8. The predicted molar refractivity (Wildman–Crippen MR) is 113 cm³/mol. The lowest BCUT2D eigenvalue weighted by atomic mass is 9.93. The highest BCUT2D eigenvalue weighted by molar-refractivity contribution is 6.05. The number of carbonyl (C=O) groups is 2. The van der Waals surface area contributed by atoms with Gasteiger partial charge in [0.15, 0.2) is 0 Å². The molecule has 1 N–H and O–H groups in total. The van der Waals surface area contributed by atoms with Crippen LogP contribution in [-0.2, 0) is 4.79 Å². The fourth-order valence-corrected chi connectivity index (χ4v) is 4.28. The highest BCUT2D eigenvalue weighted by Gasteiger charge is 2.44. The van der Waals surface area contributed by atoms with Gasteiger partial charge >= 0.3 is 5.97 Å². The van der Waals surface area contributed by atoms with E-state index >= 15 is 0 Å². The van der Waals surface area contributed by atoms with E-state index in [1.54, 1.807) is 42.5 Å². The fraction of sp³-hybridized carbons (Fsp3) is 0.160. The molecular formula is C25H18F2N2O3. The summed E-state index contributed by atoms with van der Waals surface area (Å²) in [6.45, 7) is 0. The third-order valence-electron chi connectivity index (χ3n) is 5.73. The van der Waals surface area contributed by atoms with E-state index in [4.69, 9.17) is 0 Å². The smallest absolute Gasteiger partial charge is 0.326 e. The number of carboxylic acids is 1. The monoisotopic (exact) mass is 432 g/mol. The van der Waals surface area contributed by atoms with Crippen molar-refractivity contribution in [2.45, 2.75) is 24.9 Å². The van der Waals surface area contributed by atoms with Crippen molar-refractivity contribution in [3.63, 3.8) is 0 Å². The molecule has 0 spiro atoms. The Bertz CT molecular complexity index is 1240. The molecule has 1 amide bonds. The van der Waals surface area contributed by atoms with Gasteiger partial charge in [-0.1, -0.05) is 54.6 Å². The lowest BCUT2D eigenvalue weighted by Gasteiger charge is -2.30. The Morgan fingerprint density at radius 1 is 0.938 bits per heavy atom. The number of nitriles is 1. The van der Waals surface area contributed by atoms with Crippen molar-refractivity contribution in [1.82, 2.24) is 4.90 Å². The minimum Gasteiger partial charge on any atom is -0.480 e. The standard InChI is InChI=1S/C25H18F2N2O3/c26-19-9-5-4-8-17(19)21-12-13-22(25(31)32)29(21)24(30)23-16(15-6-2-1-3-7-15)10-11-20(27)18(23)14-28/h1-11,21-22H,12-13H2,(H,31,32). The molecule has 2 atom stereocenters. The molecule has 4 rings (SSSR count). The highest BCUT2D eigenvalue weighted by Crippen LogP contribution is 2.40. The second kappa shape index (κ2) is 8.60. The van der Waals surface area contributed by atoms with Gasteiger partial charge in [-0.15, -0.1) is 0 Å². The van der Waals surface area contributed by atoms with Gasteiger partial charge in [-0.2, -0.15) is 5.26 Å². The molecule has 1 saturated heterocycles. The van der Waals surface area contributed by atoms with Crippen LogP contribution in [0.4, 0.5) is 8.78 Å². The maximum atomic E-state index is 14.6. The molecule has 0 aromatic heterocycles. The van der Waals surface area contributed by atoms with Crippen LogP contribution in [0.1, 0.15) is 40.4 Å². The number of amides is 1. The van der Waals surface area contributed by atoms with E-state index in [1.807, 2.05) is 0 Å². The zero-order chi connectivity index (χ0) is 22.8. The molecule has 2 unspecified atom stereocenters. The van der Waals surface area contributed by atoms with Gasteiger partial charge < -0.3 is 10.0 Å². The molecule has 1 fully saturated rings. The van der Waals surface area contributed by atoms with E-state index in [-0.39, 0.29) is 24.0 Å². The van der Waals surface area contributed by atoms with Crippen LogP contribution in [0.3, 0.4) is 0 Å². The second-order valence-electron chi connectivity index (χ2n) is 7.50. The second-order valence-corrected chi connectivity index (χ2v) is 7.50. The lowest BCUT2D eigenvalue weighted by Crippen LogP contribution is -2.42. The van der Waals surface area contributed by atoms with Crippen LogP contribution in [0.5, 0.6) is 0 Å². The quantitative estimate of drug-likeness (QED) is 0.634. The predicted octanol–water partition coefficient (Wildman–Crippen LogP) is 4.93. The van der Waals surface area contributed by atoms with Crippen molar-refractivity contribution in [2.24, 2.45) is 0 Å². The van der Waals surface area contributed by atoms with Crippen LogP contribution in [0.2, 0.25) is 0 Å². The fourth-order valence-electron chi connectivity index (χ4n) is 4.28. The van der Waals surface area contributed by atoms with E-state index in [0.29, 0.717) is 11.1 Å². The average Bonchev–Trinajstić information content (AvgIpc) is 3.24. The molecule has 160 valence electrons. The number of hydrogen-bond donors (Lipinski definition) is 1. The van der Waals surface area contributed by atoms with E-state index in [0.717, 1.165) is 11.0 Å². The summed E-state index contributed by atoms with van der Waals surface area (Å²) in [7, 11) is 0. The van der Waals surface area contributed by atoms with Gasteiger partial charge in [0.1, 0.15) is 29.3 Å². The number of aliphatic carboxylic acids is 1. The maximum Gasteiger partial charge on any atom is 0.326 e. The molecule has 32 heavy (non-hydrogen) atoms. The number of halogens is 2. The van der Waals surface area contributed by atoms with Crippen LogP contribution >= 0.6 is 0 Å². The number of carbonyl (C=O) groups excluding carboxylic acids is 1.